The van der Waals surface area contributed by atoms with Crippen molar-refractivity contribution in [3.63, 3.8) is 0 Å². The van der Waals surface area contributed by atoms with E-state index in [-0.39, 0.29) is 0 Å². The molecule has 0 spiro atoms. The highest BCUT2D eigenvalue weighted by Gasteiger charge is 2.28. The molecular formula is C32H32N2S. The van der Waals surface area contributed by atoms with Gasteiger partial charge in [0.1, 0.15) is 0 Å². The summed E-state index contributed by atoms with van der Waals surface area (Å²) in [7, 11) is 0. The lowest BCUT2D eigenvalue weighted by Crippen LogP contribution is -2.11. The maximum atomic E-state index is 5.47. The highest BCUT2D eigenvalue weighted by molar-refractivity contribution is 7.97. The second-order valence-corrected chi connectivity index (χ2v) is 10.7. The van der Waals surface area contributed by atoms with Gasteiger partial charge >= 0.3 is 0 Å². The molecule has 0 aromatic heterocycles. The third kappa shape index (κ3) is 4.34. The number of para-hydroxylation sites is 2. The summed E-state index contributed by atoms with van der Waals surface area (Å²) in [6.45, 7) is 9.00. The number of hydrogen-bond donors (Lipinski definition) is 0. The highest BCUT2D eigenvalue weighted by Crippen LogP contribution is 2.39. The fraction of sp³-hybridized carbons (Fsp3) is 0.250. The van der Waals surface area contributed by atoms with Gasteiger partial charge in [-0.15, -0.1) is 0 Å². The summed E-state index contributed by atoms with van der Waals surface area (Å²) in [4.78, 5) is 10.8. The van der Waals surface area contributed by atoms with Crippen LogP contribution < -0.4 is 0 Å². The van der Waals surface area contributed by atoms with E-state index < -0.39 is 0 Å². The molecule has 1 aliphatic rings. The van der Waals surface area contributed by atoms with Crippen LogP contribution in [0.3, 0.4) is 0 Å². The molecule has 0 fully saturated rings. The van der Waals surface area contributed by atoms with Crippen molar-refractivity contribution in [2.75, 3.05) is 6.26 Å². The lowest BCUT2D eigenvalue weighted by molar-refractivity contribution is 0.835. The summed E-state index contributed by atoms with van der Waals surface area (Å²) < 4.78 is 0. The topological polar surface area (TPSA) is 24.7 Å². The van der Waals surface area contributed by atoms with Crippen LogP contribution in [0.25, 0.3) is 10.8 Å². The Balaban J connectivity index is 1.82. The molecule has 0 radical (unpaired) electrons. The van der Waals surface area contributed by atoms with E-state index in [2.05, 4.69) is 113 Å². The van der Waals surface area contributed by atoms with E-state index >= 15 is 0 Å². The molecular weight excluding hydrogens is 444 g/mol. The van der Waals surface area contributed by atoms with E-state index in [0.29, 0.717) is 11.8 Å². The summed E-state index contributed by atoms with van der Waals surface area (Å²) in [5.41, 5.74) is 10.2. The molecule has 4 aromatic rings. The van der Waals surface area contributed by atoms with Crippen LogP contribution in [0.4, 0.5) is 11.4 Å². The van der Waals surface area contributed by atoms with E-state index in [1.165, 1.54) is 38.6 Å². The molecule has 2 nitrogen and oxygen atoms in total. The van der Waals surface area contributed by atoms with Gasteiger partial charge in [0.05, 0.1) is 22.8 Å². The van der Waals surface area contributed by atoms with Crippen LogP contribution >= 0.6 is 11.8 Å². The summed E-state index contributed by atoms with van der Waals surface area (Å²) >= 11 is 1.82. The normalized spacial score (nSPS) is 15.3. The number of aliphatic imine (C=N–C) groups is 2. The smallest absolute Gasteiger partial charge is 0.0979 e. The van der Waals surface area contributed by atoms with Crippen LogP contribution in [0.15, 0.2) is 88.8 Å². The maximum Gasteiger partial charge on any atom is 0.0979 e. The summed E-state index contributed by atoms with van der Waals surface area (Å²) in [6.07, 6.45) is 2.14. The Morgan fingerprint density at radius 1 is 0.657 bits per heavy atom. The van der Waals surface area contributed by atoms with Gasteiger partial charge in [-0.3, -0.25) is 0 Å². The van der Waals surface area contributed by atoms with Gasteiger partial charge in [-0.25, -0.2) is 9.98 Å². The zero-order valence-corrected chi connectivity index (χ0v) is 22.0. The molecule has 35 heavy (non-hydrogen) atoms. The Bertz CT molecular complexity index is 1430. The van der Waals surface area contributed by atoms with E-state index in [1.807, 2.05) is 11.8 Å². The van der Waals surface area contributed by atoms with Gasteiger partial charge in [0.25, 0.3) is 0 Å². The third-order valence-corrected chi connectivity index (χ3v) is 7.33. The molecule has 0 aliphatic heterocycles. The lowest BCUT2D eigenvalue weighted by Gasteiger charge is -2.17. The molecule has 0 N–H and O–H groups in total. The fourth-order valence-corrected chi connectivity index (χ4v) is 5.54. The van der Waals surface area contributed by atoms with Gasteiger partial charge < -0.3 is 0 Å². The van der Waals surface area contributed by atoms with Crippen molar-refractivity contribution in [3.05, 3.63) is 107 Å². The van der Waals surface area contributed by atoms with Crippen molar-refractivity contribution in [2.24, 2.45) is 9.98 Å². The van der Waals surface area contributed by atoms with Gasteiger partial charge in [-0.05, 0) is 46.2 Å². The second-order valence-electron chi connectivity index (χ2n) is 9.79. The number of nitrogens with zero attached hydrogens (tertiary/aromatic N) is 2. The molecule has 0 saturated heterocycles. The molecule has 176 valence electrons. The Hall–Kier alpha value is -3.17. The predicted molar refractivity (Wildman–Crippen MR) is 155 cm³/mol. The first-order valence-corrected chi connectivity index (χ1v) is 13.8. The summed E-state index contributed by atoms with van der Waals surface area (Å²) in [6, 6.07) is 28.2. The largest absolute Gasteiger partial charge is 0.246 e. The summed E-state index contributed by atoms with van der Waals surface area (Å²) in [5, 5.41) is 2.49. The monoisotopic (exact) mass is 476 g/mol. The molecule has 5 rings (SSSR count). The number of hydrogen-bond acceptors (Lipinski definition) is 3. The number of benzene rings is 4. The van der Waals surface area contributed by atoms with E-state index in [9.17, 15) is 0 Å². The second kappa shape index (κ2) is 9.83. The first kappa shape index (κ1) is 23.6. The zero-order valence-electron chi connectivity index (χ0n) is 21.2. The van der Waals surface area contributed by atoms with Crippen LogP contribution in [-0.4, -0.2) is 17.7 Å². The first-order chi connectivity index (χ1) is 17.0. The minimum absolute atomic E-state index is 0.385. The predicted octanol–water partition coefficient (Wildman–Crippen LogP) is 9.20. The van der Waals surface area contributed by atoms with Crippen molar-refractivity contribution < 1.29 is 0 Å². The van der Waals surface area contributed by atoms with Crippen LogP contribution in [0, 0.1) is 0 Å². The molecule has 0 amide bonds. The first-order valence-electron chi connectivity index (χ1n) is 12.4. The third-order valence-electron chi connectivity index (χ3n) is 6.73. The molecule has 1 aliphatic carbocycles. The van der Waals surface area contributed by atoms with Gasteiger partial charge in [0.2, 0.25) is 0 Å². The molecule has 4 aromatic carbocycles. The van der Waals surface area contributed by atoms with Crippen molar-refractivity contribution in [1.29, 1.82) is 0 Å². The minimum Gasteiger partial charge on any atom is -0.246 e. The summed E-state index contributed by atoms with van der Waals surface area (Å²) in [5.74, 6) is 1.70. The fourth-order valence-electron chi connectivity index (χ4n) is 4.99. The van der Waals surface area contributed by atoms with Gasteiger partial charge in [0, 0.05) is 22.3 Å². The van der Waals surface area contributed by atoms with Gasteiger partial charge in [-0.1, -0.05) is 100 Å². The Kier molecular flexibility index (Phi) is 6.62. The van der Waals surface area contributed by atoms with E-state index in [4.69, 9.17) is 9.98 Å². The van der Waals surface area contributed by atoms with E-state index in [1.54, 1.807) is 0 Å². The average molecular weight is 477 g/mol. The number of rotatable bonds is 6. The van der Waals surface area contributed by atoms with Crippen molar-refractivity contribution in [2.45, 2.75) is 45.3 Å². The Morgan fingerprint density at radius 2 is 1.23 bits per heavy atom. The Morgan fingerprint density at radius 3 is 1.83 bits per heavy atom. The zero-order chi connectivity index (χ0) is 24.5. The quantitative estimate of drug-likeness (QED) is 0.272. The average Bonchev–Trinajstić information content (AvgIpc) is 3.14. The van der Waals surface area contributed by atoms with Crippen molar-refractivity contribution in [3.8, 4) is 0 Å². The molecule has 3 heteroatoms. The van der Waals surface area contributed by atoms with Crippen LogP contribution in [0.1, 0.15) is 67.3 Å². The number of thioether (sulfide) groups is 1. The van der Waals surface area contributed by atoms with E-state index in [0.717, 1.165) is 28.6 Å². The molecule has 0 heterocycles. The molecule has 0 unspecified atom stereocenters. The van der Waals surface area contributed by atoms with Gasteiger partial charge in [0.15, 0.2) is 0 Å². The van der Waals surface area contributed by atoms with Gasteiger partial charge in [-0.2, -0.15) is 11.8 Å². The van der Waals surface area contributed by atoms with Crippen LogP contribution in [0.2, 0.25) is 0 Å². The minimum atomic E-state index is 0.385. The van der Waals surface area contributed by atoms with Crippen molar-refractivity contribution >= 4 is 45.3 Å². The standard InChI is InChI=1S/C32H32N2S/c1-20(2)24-14-10-15-25(21(3)4)30(24)34-32-27-17-9-13-22-12-8-16-26(29(22)27)31(32)33-28-18-7-6-11-23(28)19-35-5/h6-18,20-21H,19H2,1-5H3. The van der Waals surface area contributed by atoms with Crippen LogP contribution in [-0.2, 0) is 5.75 Å². The molecule has 0 saturated carbocycles. The maximum absolute atomic E-state index is 5.47. The van der Waals surface area contributed by atoms with Crippen LogP contribution in [0.5, 0.6) is 0 Å². The molecule has 0 bridgehead atoms. The van der Waals surface area contributed by atoms with Crippen molar-refractivity contribution in [1.82, 2.24) is 0 Å². The highest BCUT2D eigenvalue weighted by atomic mass is 32.2. The lowest BCUT2D eigenvalue weighted by atomic mass is 9.92. The SMILES string of the molecule is CSCc1ccccc1N=C1C(=Nc2c(C(C)C)cccc2C(C)C)c2cccc3cccc1c23. The molecule has 0 atom stereocenters. The Labute approximate surface area is 213 Å².